The van der Waals surface area contributed by atoms with Crippen LogP contribution in [0, 0.1) is 5.92 Å². The van der Waals surface area contributed by atoms with Crippen LogP contribution in [-0.4, -0.2) is 12.5 Å². The second-order valence-corrected chi connectivity index (χ2v) is 5.67. The molecule has 120 valence electrons. The highest BCUT2D eigenvalue weighted by atomic mass is 35.5. The molecule has 3 nitrogen and oxygen atoms in total. The molecule has 21 heavy (non-hydrogen) atoms. The molecule has 0 heterocycles. The van der Waals surface area contributed by atoms with Crippen LogP contribution >= 0.6 is 12.4 Å². The Kier molecular flexibility index (Phi) is 10.1. The maximum absolute atomic E-state index is 11.7. The van der Waals surface area contributed by atoms with Gasteiger partial charge in [-0.3, -0.25) is 4.79 Å². The fourth-order valence-corrected chi connectivity index (χ4v) is 2.28. The fourth-order valence-electron chi connectivity index (χ4n) is 2.28. The maximum atomic E-state index is 11.7. The summed E-state index contributed by atoms with van der Waals surface area (Å²) in [4.78, 5) is 11.7. The highest BCUT2D eigenvalue weighted by molar-refractivity contribution is 5.85. The number of nitrogens with two attached hydrogens (primary N) is 1. The largest absolute Gasteiger partial charge is 0.349 e. The van der Waals surface area contributed by atoms with Crippen LogP contribution in [0.3, 0.4) is 0 Å². The molecule has 1 amide bonds. The van der Waals surface area contributed by atoms with Crippen LogP contribution in [0.5, 0.6) is 0 Å². The zero-order valence-corrected chi connectivity index (χ0v) is 14.2. The third-order valence-electron chi connectivity index (χ3n) is 3.51. The topological polar surface area (TPSA) is 55.1 Å². The molecule has 1 unspecified atom stereocenters. The summed E-state index contributed by atoms with van der Waals surface area (Å²) in [5.41, 5.74) is 7.96. The second-order valence-electron chi connectivity index (χ2n) is 5.67. The zero-order chi connectivity index (χ0) is 15.0. The van der Waals surface area contributed by atoms with E-state index in [9.17, 15) is 4.79 Å². The number of hydrogen-bond donors (Lipinski definition) is 2. The van der Waals surface area contributed by atoms with Gasteiger partial charge in [0.25, 0.3) is 0 Å². The molecule has 0 spiro atoms. The van der Waals surface area contributed by atoms with Gasteiger partial charge in [-0.25, -0.2) is 0 Å². The number of benzene rings is 1. The summed E-state index contributed by atoms with van der Waals surface area (Å²) in [6.07, 6.45) is 3.95. The van der Waals surface area contributed by atoms with Crippen LogP contribution in [0.25, 0.3) is 0 Å². The first-order valence-corrected chi connectivity index (χ1v) is 7.66. The van der Waals surface area contributed by atoms with E-state index < -0.39 is 0 Å². The molecule has 0 aromatic heterocycles. The number of aryl methyl sites for hydroxylation is 1. The van der Waals surface area contributed by atoms with Crippen molar-refractivity contribution in [2.75, 3.05) is 6.54 Å². The molecular weight excluding hydrogens is 284 g/mol. The molecule has 1 rings (SSSR count). The number of unbranched alkanes of at least 4 members (excludes halogenated alkanes) is 1. The smallest absolute Gasteiger partial charge is 0.221 e. The molecule has 0 aliphatic heterocycles. The van der Waals surface area contributed by atoms with Crippen LogP contribution in [-0.2, 0) is 11.2 Å². The van der Waals surface area contributed by atoms with Crippen LogP contribution in [0.2, 0.25) is 0 Å². The number of halogens is 1. The number of nitrogens with one attached hydrogen (secondary N) is 1. The molecule has 4 heteroatoms. The summed E-state index contributed by atoms with van der Waals surface area (Å²) < 4.78 is 0. The third kappa shape index (κ3) is 6.96. The van der Waals surface area contributed by atoms with Gasteiger partial charge in [0.05, 0.1) is 6.04 Å². The number of hydrogen-bond acceptors (Lipinski definition) is 2. The van der Waals surface area contributed by atoms with Gasteiger partial charge in [-0.15, -0.1) is 12.4 Å². The lowest BCUT2D eigenvalue weighted by Crippen LogP contribution is -2.32. The molecule has 1 aromatic carbocycles. The second kappa shape index (κ2) is 10.6. The molecule has 3 N–H and O–H groups in total. The molecule has 0 radical (unpaired) electrons. The Balaban J connectivity index is 0.00000400. The quantitative estimate of drug-likeness (QED) is 0.770. The minimum absolute atomic E-state index is 0. The number of rotatable bonds is 8. The molecular formula is C17H29ClN2O. The van der Waals surface area contributed by atoms with E-state index in [1.807, 2.05) is 0 Å². The summed E-state index contributed by atoms with van der Waals surface area (Å²) in [5.74, 6) is 0.388. The molecule has 1 atom stereocenters. The molecule has 0 saturated carbocycles. The number of amides is 1. The van der Waals surface area contributed by atoms with Gasteiger partial charge in [0.15, 0.2) is 0 Å². The summed E-state index contributed by atoms with van der Waals surface area (Å²) in [6, 6.07) is 8.69. The number of carbonyl (C=O) groups excluding carboxylic acids is 1. The first-order chi connectivity index (χ1) is 9.58. The summed E-state index contributed by atoms with van der Waals surface area (Å²) in [7, 11) is 0. The SMILES string of the molecule is CCCCc1ccc(C(NC(=O)CCN)C(C)C)cc1.Cl. The van der Waals surface area contributed by atoms with E-state index in [1.165, 1.54) is 24.0 Å². The monoisotopic (exact) mass is 312 g/mol. The molecule has 0 aliphatic rings. The van der Waals surface area contributed by atoms with Crippen molar-refractivity contribution in [2.45, 2.75) is 52.5 Å². The zero-order valence-electron chi connectivity index (χ0n) is 13.4. The minimum atomic E-state index is 0. The van der Waals surface area contributed by atoms with Gasteiger partial charge >= 0.3 is 0 Å². The Labute approximate surface area is 135 Å². The van der Waals surface area contributed by atoms with Crippen molar-refractivity contribution in [3.05, 3.63) is 35.4 Å². The van der Waals surface area contributed by atoms with Crippen LogP contribution in [0.4, 0.5) is 0 Å². The molecule has 1 aromatic rings. The van der Waals surface area contributed by atoms with E-state index in [2.05, 4.69) is 50.4 Å². The van der Waals surface area contributed by atoms with E-state index in [0.717, 1.165) is 6.42 Å². The predicted octanol–water partition coefficient (Wildman–Crippen LogP) is 3.61. The van der Waals surface area contributed by atoms with Crippen molar-refractivity contribution in [3.63, 3.8) is 0 Å². The highest BCUT2D eigenvalue weighted by Crippen LogP contribution is 2.22. The average Bonchev–Trinajstić information content (AvgIpc) is 2.43. The van der Waals surface area contributed by atoms with Crippen molar-refractivity contribution >= 4 is 18.3 Å². The Hall–Kier alpha value is -1.06. The first kappa shape index (κ1) is 19.9. The van der Waals surface area contributed by atoms with E-state index >= 15 is 0 Å². The van der Waals surface area contributed by atoms with E-state index in [1.54, 1.807) is 0 Å². The summed E-state index contributed by atoms with van der Waals surface area (Å²) in [6.45, 7) is 6.85. The van der Waals surface area contributed by atoms with Crippen molar-refractivity contribution in [3.8, 4) is 0 Å². The van der Waals surface area contributed by atoms with Crippen LogP contribution < -0.4 is 11.1 Å². The number of carbonyl (C=O) groups is 1. The van der Waals surface area contributed by atoms with Gasteiger partial charge in [0.2, 0.25) is 5.91 Å². The maximum Gasteiger partial charge on any atom is 0.221 e. The van der Waals surface area contributed by atoms with Crippen molar-refractivity contribution < 1.29 is 4.79 Å². The van der Waals surface area contributed by atoms with E-state index in [-0.39, 0.29) is 24.4 Å². The van der Waals surface area contributed by atoms with Gasteiger partial charge in [-0.1, -0.05) is 51.5 Å². The Morgan fingerprint density at radius 3 is 2.33 bits per heavy atom. The minimum Gasteiger partial charge on any atom is -0.349 e. The standard InChI is InChI=1S/C17H28N2O.ClH/c1-4-5-6-14-7-9-15(10-8-14)17(13(2)3)19-16(20)11-12-18;/h7-10,13,17H,4-6,11-12,18H2,1-3H3,(H,19,20);1H. The van der Waals surface area contributed by atoms with E-state index in [4.69, 9.17) is 5.73 Å². The van der Waals surface area contributed by atoms with Gasteiger partial charge in [-0.05, 0) is 29.9 Å². The summed E-state index contributed by atoms with van der Waals surface area (Å²) >= 11 is 0. The summed E-state index contributed by atoms with van der Waals surface area (Å²) in [5, 5.41) is 3.08. The fraction of sp³-hybridized carbons (Fsp3) is 0.588. The van der Waals surface area contributed by atoms with Crippen molar-refractivity contribution in [1.82, 2.24) is 5.32 Å². The lowest BCUT2D eigenvalue weighted by Gasteiger charge is -2.23. The van der Waals surface area contributed by atoms with E-state index in [0.29, 0.717) is 18.9 Å². The molecule has 0 fully saturated rings. The first-order valence-electron chi connectivity index (χ1n) is 7.66. The Morgan fingerprint density at radius 2 is 1.86 bits per heavy atom. The molecule has 0 aliphatic carbocycles. The van der Waals surface area contributed by atoms with Crippen LogP contribution in [0.15, 0.2) is 24.3 Å². The Bertz CT molecular complexity index is 404. The Morgan fingerprint density at radius 1 is 1.24 bits per heavy atom. The van der Waals surface area contributed by atoms with Gasteiger partial charge in [-0.2, -0.15) is 0 Å². The predicted molar refractivity (Wildman–Crippen MR) is 91.7 cm³/mol. The van der Waals surface area contributed by atoms with Crippen molar-refractivity contribution in [2.24, 2.45) is 11.7 Å². The molecule has 0 bridgehead atoms. The normalized spacial score (nSPS) is 11.9. The molecule has 0 saturated heterocycles. The third-order valence-corrected chi connectivity index (χ3v) is 3.51. The van der Waals surface area contributed by atoms with Gasteiger partial charge < -0.3 is 11.1 Å². The lowest BCUT2D eigenvalue weighted by atomic mass is 9.94. The van der Waals surface area contributed by atoms with Gasteiger partial charge in [0.1, 0.15) is 0 Å². The lowest BCUT2D eigenvalue weighted by molar-refractivity contribution is -0.122. The van der Waals surface area contributed by atoms with Gasteiger partial charge in [0, 0.05) is 13.0 Å². The van der Waals surface area contributed by atoms with Crippen LogP contribution in [0.1, 0.15) is 57.2 Å². The highest BCUT2D eigenvalue weighted by Gasteiger charge is 2.17. The average molecular weight is 313 g/mol. The van der Waals surface area contributed by atoms with Crippen molar-refractivity contribution in [1.29, 1.82) is 0 Å².